The molecule has 0 radical (unpaired) electrons. The van der Waals surface area contributed by atoms with E-state index in [9.17, 15) is 4.39 Å². The highest BCUT2D eigenvalue weighted by atomic mass is 19.1. The minimum Gasteiger partial charge on any atom is -0.490 e. The minimum absolute atomic E-state index is 0.0169. The van der Waals surface area contributed by atoms with Gasteiger partial charge in [0.05, 0.1) is 6.10 Å². The van der Waals surface area contributed by atoms with Crippen LogP contribution in [-0.4, -0.2) is 13.2 Å². The number of halogens is 1. The second-order valence-corrected chi connectivity index (χ2v) is 5.87. The van der Waals surface area contributed by atoms with E-state index in [1.807, 2.05) is 26.1 Å². The summed E-state index contributed by atoms with van der Waals surface area (Å²) in [5.41, 5.74) is 0.690. The largest absolute Gasteiger partial charge is 0.490 e. The van der Waals surface area contributed by atoms with Gasteiger partial charge in [-0.15, -0.1) is 0 Å². The number of ether oxygens (including phenoxy) is 1. The Kier molecular flexibility index (Phi) is 5.41. The van der Waals surface area contributed by atoms with Gasteiger partial charge in [-0.1, -0.05) is 25.8 Å². The zero-order valence-corrected chi connectivity index (χ0v) is 12.8. The standard InChI is InChI=1S/C17H26FNO/c1-4-13-6-5-7-14(10-13)20-15-8-9-16(12(2)19-3)17(18)11-15/h8-9,11-14,19H,4-7,10H2,1-3H3. The predicted octanol–water partition coefficient (Wildman–Crippen LogP) is 4.45. The van der Waals surface area contributed by atoms with Gasteiger partial charge >= 0.3 is 0 Å². The molecular formula is C17H26FNO. The molecular weight excluding hydrogens is 253 g/mol. The van der Waals surface area contributed by atoms with Gasteiger partial charge in [0.25, 0.3) is 0 Å². The lowest BCUT2D eigenvalue weighted by Crippen LogP contribution is -2.25. The van der Waals surface area contributed by atoms with Gasteiger partial charge in [0, 0.05) is 17.7 Å². The van der Waals surface area contributed by atoms with Crippen molar-refractivity contribution in [2.45, 2.75) is 58.1 Å². The molecule has 0 heterocycles. The van der Waals surface area contributed by atoms with Gasteiger partial charge in [0.1, 0.15) is 11.6 Å². The first kappa shape index (κ1) is 15.3. The summed E-state index contributed by atoms with van der Waals surface area (Å²) in [6.07, 6.45) is 6.19. The number of nitrogens with one attached hydrogen (secondary N) is 1. The van der Waals surface area contributed by atoms with Crippen LogP contribution in [0.5, 0.6) is 5.75 Å². The highest BCUT2D eigenvalue weighted by Crippen LogP contribution is 2.30. The third-order valence-corrected chi connectivity index (χ3v) is 4.49. The summed E-state index contributed by atoms with van der Waals surface area (Å²) in [4.78, 5) is 0. The summed E-state index contributed by atoms with van der Waals surface area (Å²) in [5, 5.41) is 3.06. The first-order valence-electron chi connectivity index (χ1n) is 7.77. The Morgan fingerprint density at radius 3 is 2.85 bits per heavy atom. The normalized spacial score (nSPS) is 24.4. The molecule has 1 fully saturated rings. The van der Waals surface area contributed by atoms with Crippen molar-refractivity contribution in [2.24, 2.45) is 5.92 Å². The summed E-state index contributed by atoms with van der Waals surface area (Å²) >= 11 is 0. The second-order valence-electron chi connectivity index (χ2n) is 5.87. The summed E-state index contributed by atoms with van der Waals surface area (Å²) in [6.45, 7) is 4.19. The molecule has 1 aliphatic carbocycles. The third kappa shape index (κ3) is 3.72. The Bertz CT molecular complexity index is 435. The predicted molar refractivity (Wildman–Crippen MR) is 80.5 cm³/mol. The first-order valence-corrected chi connectivity index (χ1v) is 7.77. The lowest BCUT2D eigenvalue weighted by Gasteiger charge is -2.29. The van der Waals surface area contributed by atoms with Crippen LogP contribution in [0.3, 0.4) is 0 Å². The average Bonchev–Trinajstić information content (AvgIpc) is 2.47. The van der Waals surface area contributed by atoms with E-state index < -0.39 is 0 Å². The molecule has 1 aliphatic rings. The topological polar surface area (TPSA) is 21.3 Å². The quantitative estimate of drug-likeness (QED) is 0.859. The maximum atomic E-state index is 14.1. The molecule has 20 heavy (non-hydrogen) atoms. The summed E-state index contributed by atoms with van der Waals surface area (Å²) in [7, 11) is 1.83. The molecule has 112 valence electrons. The molecule has 3 atom stereocenters. The van der Waals surface area contributed by atoms with Gasteiger partial charge in [0.2, 0.25) is 0 Å². The Morgan fingerprint density at radius 1 is 1.40 bits per heavy atom. The van der Waals surface area contributed by atoms with Crippen molar-refractivity contribution in [1.29, 1.82) is 0 Å². The number of benzene rings is 1. The van der Waals surface area contributed by atoms with Crippen molar-refractivity contribution in [3.63, 3.8) is 0 Å². The van der Waals surface area contributed by atoms with Crippen LogP contribution in [-0.2, 0) is 0 Å². The van der Waals surface area contributed by atoms with Crippen LogP contribution in [0.1, 0.15) is 57.6 Å². The highest BCUT2D eigenvalue weighted by molar-refractivity contribution is 5.30. The van der Waals surface area contributed by atoms with Crippen molar-refractivity contribution in [1.82, 2.24) is 5.32 Å². The second kappa shape index (κ2) is 7.07. The van der Waals surface area contributed by atoms with Crippen molar-refractivity contribution in [3.05, 3.63) is 29.6 Å². The zero-order chi connectivity index (χ0) is 14.5. The SMILES string of the molecule is CCC1CCCC(Oc2ccc(C(C)NC)c(F)c2)C1. The molecule has 2 rings (SSSR count). The van der Waals surface area contributed by atoms with Crippen LogP contribution < -0.4 is 10.1 Å². The summed E-state index contributed by atoms with van der Waals surface area (Å²) in [5.74, 6) is 1.24. The van der Waals surface area contributed by atoms with Gasteiger partial charge in [-0.05, 0) is 45.2 Å². The van der Waals surface area contributed by atoms with Gasteiger partial charge in [-0.2, -0.15) is 0 Å². The lowest BCUT2D eigenvalue weighted by molar-refractivity contribution is 0.121. The fourth-order valence-corrected chi connectivity index (χ4v) is 3.00. The van der Waals surface area contributed by atoms with Crippen molar-refractivity contribution >= 4 is 0 Å². The Hall–Kier alpha value is -1.09. The van der Waals surface area contributed by atoms with Crippen molar-refractivity contribution in [2.75, 3.05) is 7.05 Å². The maximum Gasteiger partial charge on any atom is 0.131 e. The van der Waals surface area contributed by atoms with E-state index in [0.29, 0.717) is 11.3 Å². The van der Waals surface area contributed by atoms with Gasteiger partial charge < -0.3 is 10.1 Å². The van der Waals surface area contributed by atoms with Gasteiger partial charge in [0.15, 0.2) is 0 Å². The molecule has 0 saturated heterocycles. The smallest absolute Gasteiger partial charge is 0.131 e. The summed E-state index contributed by atoms with van der Waals surface area (Å²) < 4.78 is 20.0. The highest BCUT2D eigenvalue weighted by Gasteiger charge is 2.22. The van der Waals surface area contributed by atoms with Crippen LogP contribution >= 0.6 is 0 Å². The molecule has 0 spiro atoms. The molecule has 0 bridgehead atoms. The Balaban J connectivity index is 2.01. The van der Waals surface area contributed by atoms with E-state index in [0.717, 1.165) is 18.8 Å². The molecule has 0 aliphatic heterocycles. The van der Waals surface area contributed by atoms with E-state index in [1.54, 1.807) is 0 Å². The third-order valence-electron chi connectivity index (χ3n) is 4.49. The van der Waals surface area contributed by atoms with Crippen LogP contribution in [0.2, 0.25) is 0 Å². The van der Waals surface area contributed by atoms with Crippen LogP contribution in [0.4, 0.5) is 4.39 Å². The van der Waals surface area contributed by atoms with Crippen LogP contribution in [0.25, 0.3) is 0 Å². The van der Waals surface area contributed by atoms with Crippen molar-refractivity contribution < 1.29 is 9.13 Å². The molecule has 1 saturated carbocycles. The average molecular weight is 279 g/mol. The van der Waals surface area contributed by atoms with E-state index in [-0.39, 0.29) is 18.0 Å². The van der Waals surface area contributed by atoms with Gasteiger partial charge in [-0.25, -0.2) is 4.39 Å². The van der Waals surface area contributed by atoms with Crippen LogP contribution in [0.15, 0.2) is 18.2 Å². The zero-order valence-electron chi connectivity index (χ0n) is 12.8. The van der Waals surface area contributed by atoms with Crippen molar-refractivity contribution in [3.8, 4) is 5.75 Å². The van der Waals surface area contributed by atoms with E-state index in [4.69, 9.17) is 4.74 Å². The van der Waals surface area contributed by atoms with E-state index in [2.05, 4.69) is 12.2 Å². The Morgan fingerprint density at radius 2 is 2.20 bits per heavy atom. The van der Waals surface area contributed by atoms with E-state index >= 15 is 0 Å². The molecule has 1 aromatic rings. The number of rotatable bonds is 5. The Labute approximate surface area is 121 Å². The molecule has 1 aromatic carbocycles. The molecule has 3 unspecified atom stereocenters. The molecule has 1 N–H and O–H groups in total. The monoisotopic (exact) mass is 279 g/mol. The molecule has 0 aromatic heterocycles. The maximum absolute atomic E-state index is 14.1. The minimum atomic E-state index is -0.188. The van der Waals surface area contributed by atoms with E-state index in [1.165, 1.54) is 25.3 Å². The fraction of sp³-hybridized carbons (Fsp3) is 0.647. The number of hydrogen-bond donors (Lipinski definition) is 1. The number of hydrogen-bond acceptors (Lipinski definition) is 2. The molecule has 0 amide bonds. The van der Waals surface area contributed by atoms with Crippen LogP contribution in [0, 0.1) is 11.7 Å². The fourth-order valence-electron chi connectivity index (χ4n) is 3.00. The molecule has 3 heteroatoms. The van der Waals surface area contributed by atoms with Gasteiger partial charge in [-0.3, -0.25) is 0 Å². The molecule has 2 nitrogen and oxygen atoms in total. The lowest BCUT2D eigenvalue weighted by atomic mass is 9.85. The first-order chi connectivity index (χ1) is 9.63. The summed E-state index contributed by atoms with van der Waals surface area (Å²) in [6, 6.07) is 5.26.